The summed E-state index contributed by atoms with van der Waals surface area (Å²) in [4.78, 5) is 5.04. The van der Waals surface area contributed by atoms with Crippen LogP contribution in [0.4, 0.5) is 0 Å². The predicted molar refractivity (Wildman–Crippen MR) is 37.4 cm³/mol. The minimum atomic E-state index is 0.0556. The van der Waals surface area contributed by atoms with Crippen LogP contribution < -0.4 is 0 Å². The summed E-state index contributed by atoms with van der Waals surface area (Å²) < 4.78 is 0. The summed E-state index contributed by atoms with van der Waals surface area (Å²) in [5.41, 5.74) is 0. The molecule has 0 aliphatic carbocycles. The molecule has 0 aromatic carbocycles. The highest BCUT2D eigenvalue weighted by molar-refractivity contribution is 4.41. The first-order chi connectivity index (χ1) is 4.85. The van der Waals surface area contributed by atoms with Gasteiger partial charge < -0.3 is 10.2 Å². The molecule has 0 amide bonds. The van der Waals surface area contributed by atoms with Crippen LogP contribution in [0.3, 0.4) is 0 Å². The Morgan fingerprint density at radius 1 is 1.20 bits per heavy atom. The second kappa shape index (κ2) is 6.95. The van der Waals surface area contributed by atoms with E-state index >= 15 is 0 Å². The van der Waals surface area contributed by atoms with E-state index < -0.39 is 0 Å². The van der Waals surface area contributed by atoms with E-state index in [9.17, 15) is 0 Å². The van der Waals surface area contributed by atoms with Gasteiger partial charge in [-0.3, -0.25) is 4.84 Å². The Kier molecular flexibility index (Phi) is 6.84. The highest BCUT2D eigenvalue weighted by atomic mass is 16.7. The summed E-state index contributed by atoms with van der Waals surface area (Å²) in [6.07, 6.45) is 0. The third-order valence-electron chi connectivity index (χ3n) is 1.01. The van der Waals surface area contributed by atoms with E-state index in [1.807, 2.05) is 6.92 Å². The first-order valence-corrected chi connectivity index (χ1v) is 3.44. The molecule has 0 aliphatic rings. The smallest absolute Gasteiger partial charge is 0.0656 e. The van der Waals surface area contributed by atoms with Crippen LogP contribution in [0.25, 0.3) is 0 Å². The van der Waals surface area contributed by atoms with Crippen molar-refractivity contribution in [2.75, 3.05) is 32.9 Å². The molecule has 0 spiro atoms. The summed E-state index contributed by atoms with van der Waals surface area (Å²) in [6.45, 7) is 3.45. The average molecular weight is 149 g/mol. The van der Waals surface area contributed by atoms with Gasteiger partial charge in [0.1, 0.15) is 0 Å². The third-order valence-corrected chi connectivity index (χ3v) is 1.01. The zero-order chi connectivity index (χ0) is 7.82. The molecule has 0 aliphatic heterocycles. The van der Waals surface area contributed by atoms with Crippen LogP contribution >= 0.6 is 0 Å². The van der Waals surface area contributed by atoms with Gasteiger partial charge in [0.25, 0.3) is 0 Å². The lowest BCUT2D eigenvalue weighted by Crippen LogP contribution is -2.29. The normalized spacial score (nSPS) is 10.8. The van der Waals surface area contributed by atoms with Crippen molar-refractivity contribution in [3.05, 3.63) is 0 Å². The Bertz CT molecular complexity index is 55.7. The molecular formula is C6H15NO3. The molecule has 0 fully saturated rings. The van der Waals surface area contributed by atoms with Crippen molar-refractivity contribution in [2.45, 2.75) is 6.92 Å². The third kappa shape index (κ3) is 4.69. The van der Waals surface area contributed by atoms with Gasteiger partial charge in [-0.15, -0.1) is 0 Å². The van der Waals surface area contributed by atoms with Crippen LogP contribution in [0, 0.1) is 0 Å². The molecule has 0 atom stereocenters. The average Bonchev–Trinajstić information content (AvgIpc) is 1.90. The highest BCUT2D eigenvalue weighted by Crippen LogP contribution is 1.87. The van der Waals surface area contributed by atoms with Gasteiger partial charge in [-0.25, -0.2) is 0 Å². The van der Waals surface area contributed by atoms with E-state index in [1.54, 1.807) is 5.06 Å². The van der Waals surface area contributed by atoms with Crippen molar-refractivity contribution in [1.29, 1.82) is 0 Å². The number of hydrogen-bond acceptors (Lipinski definition) is 4. The Morgan fingerprint density at radius 2 is 1.70 bits per heavy atom. The molecule has 0 saturated carbocycles. The van der Waals surface area contributed by atoms with Crippen LogP contribution in [0.15, 0.2) is 0 Å². The molecule has 0 aromatic rings. The lowest BCUT2D eigenvalue weighted by atomic mass is 10.6. The van der Waals surface area contributed by atoms with Crippen molar-refractivity contribution in [1.82, 2.24) is 5.06 Å². The summed E-state index contributed by atoms with van der Waals surface area (Å²) in [5.74, 6) is 0. The lowest BCUT2D eigenvalue weighted by Gasteiger charge is -2.18. The summed E-state index contributed by atoms with van der Waals surface area (Å²) >= 11 is 0. The van der Waals surface area contributed by atoms with Gasteiger partial charge >= 0.3 is 0 Å². The second-order valence-corrected chi connectivity index (χ2v) is 1.79. The maximum atomic E-state index is 8.49. The maximum Gasteiger partial charge on any atom is 0.0656 e. The molecule has 10 heavy (non-hydrogen) atoms. The van der Waals surface area contributed by atoms with E-state index in [0.29, 0.717) is 19.7 Å². The quantitative estimate of drug-likeness (QED) is 0.487. The van der Waals surface area contributed by atoms with Gasteiger partial charge in [-0.05, 0) is 6.92 Å². The maximum absolute atomic E-state index is 8.49. The van der Waals surface area contributed by atoms with E-state index in [1.165, 1.54) is 0 Å². The second-order valence-electron chi connectivity index (χ2n) is 1.79. The van der Waals surface area contributed by atoms with Crippen LogP contribution in [0.1, 0.15) is 6.92 Å². The minimum Gasteiger partial charge on any atom is -0.395 e. The Morgan fingerprint density at radius 3 is 2.00 bits per heavy atom. The first-order valence-electron chi connectivity index (χ1n) is 3.44. The zero-order valence-electron chi connectivity index (χ0n) is 6.29. The molecule has 0 saturated heterocycles. The van der Waals surface area contributed by atoms with Crippen LogP contribution in [0.5, 0.6) is 0 Å². The van der Waals surface area contributed by atoms with Crippen molar-refractivity contribution in [2.24, 2.45) is 0 Å². The molecule has 4 nitrogen and oxygen atoms in total. The topological polar surface area (TPSA) is 52.9 Å². The highest BCUT2D eigenvalue weighted by Gasteiger charge is 2.00. The molecule has 0 heterocycles. The van der Waals surface area contributed by atoms with Gasteiger partial charge in [-0.2, -0.15) is 5.06 Å². The van der Waals surface area contributed by atoms with Crippen molar-refractivity contribution >= 4 is 0 Å². The fourth-order valence-corrected chi connectivity index (χ4v) is 0.647. The van der Waals surface area contributed by atoms with Gasteiger partial charge in [-0.1, -0.05) is 0 Å². The Hall–Kier alpha value is -0.160. The molecule has 0 unspecified atom stereocenters. The standard InChI is InChI=1S/C6H15NO3/c1-2-10-7(3-5-8)4-6-9/h8-9H,2-6H2,1H3. The number of aliphatic hydroxyl groups excluding tert-OH is 2. The van der Waals surface area contributed by atoms with E-state index in [0.717, 1.165) is 0 Å². The predicted octanol–water partition coefficient (Wildman–Crippen LogP) is -0.775. The van der Waals surface area contributed by atoms with E-state index in [4.69, 9.17) is 15.1 Å². The molecule has 62 valence electrons. The van der Waals surface area contributed by atoms with Gasteiger partial charge in [0.05, 0.1) is 19.8 Å². The molecule has 0 radical (unpaired) electrons. The van der Waals surface area contributed by atoms with Gasteiger partial charge in [0, 0.05) is 13.1 Å². The van der Waals surface area contributed by atoms with Crippen LogP contribution in [-0.2, 0) is 4.84 Å². The molecular weight excluding hydrogens is 134 g/mol. The summed E-state index contributed by atoms with van der Waals surface area (Å²) in [6, 6.07) is 0. The Balaban J connectivity index is 3.30. The number of aliphatic hydroxyl groups is 2. The number of hydrogen-bond donors (Lipinski definition) is 2. The summed E-state index contributed by atoms with van der Waals surface area (Å²) in [7, 11) is 0. The largest absolute Gasteiger partial charge is 0.395 e. The van der Waals surface area contributed by atoms with Crippen LogP contribution in [0.2, 0.25) is 0 Å². The molecule has 0 aromatic heterocycles. The fraction of sp³-hybridized carbons (Fsp3) is 1.00. The molecule has 4 heteroatoms. The summed E-state index contributed by atoms with van der Waals surface area (Å²) in [5, 5.41) is 18.5. The van der Waals surface area contributed by atoms with Gasteiger partial charge in [0.15, 0.2) is 0 Å². The van der Waals surface area contributed by atoms with Crippen molar-refractivity contribution in [3.63, 3.8) is 0 Å². The first kappa shape index (κ1) is 9.84. The lowest BCUT2D eigenvalue weighted by molar-refractivity contribution is -0.164. The number of hydroxylamine groups is 2. The van der Waals surface area contributed by atoms with E-state index in [2.05, 4.69) is 0 Å². The minimum absolute atomic E-state index is 0.0556. The van der Waals surface area contributed by atoms with E-state index in [-0.39, 0.29) is 13.2 Å². The molecule has 0 rings (SSSR count). The Labute approximate surface area is 61.0 Å². The van der Waals surface area contributed by atoms with Crippen molar-refractivity contribution in [3.8, 4) is 0 Å². The fourth-order valence-electron chi connectivity index (χ4n) is 0.647. The van der Waals surface area contributed by atoms with Crippen LogP contribution in [-0.4, -0.2) is 48.2 Å². The monoisotopic (exact) mass is 149 g/mol. The SMILES string of the molecule is CCON(CCO)CCO. The molecule has 2 N–H and O–H groups in total. The van der Waals surface area contributed by atoms with Gasteiger partial charge in [0.2, 0.25) is 0 Å². The zero-order valence-corrected chi connectivity index (χ0v) is 6.29. The number of rotatable bonds is 6. The number of nitrogens with zero attached hydrogens (tertiary/aromatic N) is 1. The van der Waals surface area contributed by atoms with Crippen molar-refractivity contribution < 1.29 is 15.1 Å². The molecule has 0 bridgehead atoms.